The first-order chi connectivity index (χ1) is 10.6. The van der Waals surface area contributed by atoms with Gasteiger partial charge in [0.25, 0.3) is 0 Å². The molecule has 2 heterocycles. The topological polar surface area (TPSA) is 52.7 Å². The molecular formula is C17H23N3O2. The van der Waals surface area contributed by atoms with Gasteiger partial charge in [0.05, 0.1) is 12.1 Å². The molecule has 2 aliphatic heterocycles. The Balaban J connectivity index is 1.81. The van der Waals surface area contributed by atoms with Crippen LogP contribution in [-0.2, 0) is 4.79 Å². The first kappa shape index (κ1) is 14.9. The molecule has 2 aliphatic rings. The highest BCUT2D eigenvalue weighted by Gasteiger charge is 2.45. The van der Waals surface area contributed by atoms with Crippen molar-refractivity contribution in [3.63, 3.8) is 0 Å². The fraction of sp³-hybridized carbons (Fsp3) is 0.529. The lowest BCUT2D eigenvalue weighted by atomic mass is 9.95. The van der Waals surface area contributed by atoms with Gasteiger partial charge < -0.3 is 15.1 Å². The first-order valence-electron chi connectivity index (χ1n) is 8.02. The highest BCUT2D eigenvalue weighted by molar-refractivity contribution is 5.95. The summed E-state index contributed by atoms with van der Waals surface area (Å²) in [6.45, 7) is 4.64. The van der Waals surface area contributed by atoms with Gasteiger partial charge in [-0.1, -0.05) is 18.2 Å². The van der Waals surface area contributed by atoms with E-state index in [-0.39, 0.29) is 30.1 Å². The zero-order chi connectivity index (χ0) is 15.7. The molecule has 1 N–H and O–H groups in total. The largest absolute Gasteiger partial charge is 0.336 e. The molecule has 0 radical (unpaired) electrons. The van der Waals surface area contributed by atoms with E-state index in [9.17, 15) is 9.59 Å². The molecule has 0 spiro atoms. The number of nitrogens with zero attached hydrogens (tertiary/aromatic N) is 2. The monoisotopic (exact) mass is 301 g/mol. The minimum absolute atomic E-state index is 0.00939. The predicted octanol–water partition coefficient (Wildman–Crippen LogP) is 2.37. The number of nitrogens with one attached hydrogen (secondary N) is 1. The third kappa shape index (κ3) is 2.67. The van der Waals surface area contributed by atoms with Crippen molar-refractivity contribution in [1.82, 2.24) is 10.2 Å². The third-order valence-electron chi connectivity index (χ3n) is 4.47. The Labute approximate surface area is 131 Å². The van der Waals surface area contributed by atoms with Crippen LogP contribution in [-0.4, -0.2) is 41.5 Å². The molecule has 22 heavy (non-hydrogen) atoms. The Morgan fingerprint density at radius 3 is 2.59 bits per heavy atom. The van der Waals surface area contributed by atoms with Crippen LogP contribution in [0.1, 0.15) is 33.1 Å². The quantitative estimate of drug-likeness (QED) is 0.912. The zero-order valence-electron chi connectivity index (χ0n) is 13.2. The van der Waals surface area contributed by atoms with E-state index < -0.39 is 0 Å². The summed E-state index contributed by atoms with van der Waals surface area (Å²) in [7, 11) is 0. The molecule has 0 unspecified atom stereocenters. The molecule has 3 rings (SSSR count). The molecular weight excluding hydrogens is 278 g/mol. The fourth-order valence-electron chi connectivity index (χ4n) is 3.57. The van der Waals surface area contributed by atoms with Crippen LogP contribution in [0.5, 0.6) is 0 Å². The summed E-state index contributed by atoms with van der Waals surface area (Å²) < 4.78 is 0. The van der Waals surface area contributed by atoms with Crippen LogP contribution in [0.4, 0.5) is 10.5 Å². The highest BCUT2D eigenvalue weighted by Crippen LogP contribution is 2.34. The number of urea groups is 1. The van der Waals surface area contributed by atoms with E-state index >= 15 is 0 Å². The fourth-order valence-corrected chi connectivity index (χ4v) is 3.57. The summed E-state index contributed by atoms with van der Waals surface area (Å²) in [6, 6.07) is 10.1. The van der Waals surface area contributed by atoms with Crippen molar-refractivity contribution >= 4 is 17.6 Å². The minimum atomic E-state index is -0.00939. The van der Waals surface area contributed by atoms with Crippen molar-refractivity contribution < 1.29 is 9.59 Å². The minimum Gasteiger partial charge on any atom is -0.336 e. The van der Waals surface area contributed by atoms with E-state index in [1.807, 2.05) is 54.0 Å². The Hall–Kier alpha value is -2.04. The lowest BCUT2D eigenvalue weighted by Gasteiger charge is -2.39. The summed E-state index contributed by atoms with van der Waals surface area (Å²) >= 11 is 0. The molecule has 1 aromatic carbocycles. The molecule has 0 saturated carbocycles. The maximum Gasteiger partial charge on any atom is 0.317 e. The van der Waals surface area contributed by atoms with Crippen molar-refractivity contribution in [2.75, 3.05) is 11.4 Å². The van der Waals surface area contributed by atoms with E-state index in [0.29, 0.717) is 13.0 Å². The Bertz CT molecular complexity index is 558. The Kier molecular flexibility index (Phi) is 4.05. The molecule has 3 amide bonds. The molecule has 0 bridgehead atoms. The molecule has 5 heteroatoms. The molecule has 0 aromatic heterocycles. The van der Waals surface area contributed by atoms with Gasteiger partial charge in [0, 0.05) is 24.7 Å². The van der Waals surface area contributed by atoms with Gasteiger partial charge in [0.15, 0.2) is 0 Å². The van der Waals surface area contributed by atoms with E-state index in [1.165, 1.54) is 0 Å². The molecule has 2 saturated heterocycles. The maximum atomic E-state index is 12.4. The normalized spacial score (nSPS) is 24.6. The van der Waals surface area contributed by atoms with Gasteiger partial charge in [-0.05, 0) is 38.8 Å². The standard InChI is InChI=1S/C17H23N3O2/c1-12(2)18-17(22)19-11-10-15-14(19)8-9-16(21)20(15)13-6-4-3-5-7-13/h3-7,12,14-15H,8-11H2,1-2H3,(H,18,22)/t14-,15-/m0/s1. The van der Waals surface area contributed by atoms with Crippen molar-refractivity contribution in [3.05, 3.63) is 30.3 Å². The summed E-state index contributed by atoms with van der Waals surface area (Å²) in [5.74, 6) is 0.165. The van der Waals surface area contributed by atoms with Crippen LogP contribution in [0.25, 0.3) is 0 Å². The van der Waals surface area contributed by atoms with Crippen LogP contribution in [0.3, 0.4) is 0 Å². The van der Waals surface area contributed by atoms with Crippen molar-refractivity contribution in [1.29, 1.82) is 0 Å². The van der Waals surface area contributed by atoms with Gasteiger partial charge in [-0.2, -0.15) is 0 Å². The number of piperidine rings is 1. The number of amides is 3. The van der Waals surface area contributed by atoms with Gasteiger partial charge in [-0.25, -0.2) is 4.79 Å². The second-order valence-corrected chi connectivity index (χ2v) is 6.36. The summed E-state index contributed by atoms with van der Waals surface area (Å²) in [5, 5.41) is 2.97. The third-order valence-corrected chi connectivity index (χ3v) is 4.47. The van der Waals surface area contributed by atoms with Crippen LogP contribution in [0, 0.1) is 0 Å². The number of para-hydroxylation sites is 1. The van der Waals surface area contributed by atoms with E-state index in [1.54, 1.807) is 0 Å². The van der Waals surface area contributed by atoms with Gasteiger partial charge in [-0.3, -0.25) is 4.79 Å². The van der Waals surface area contributed by atoms with Crippen LogP contribution >= 0.6 is 0 Å². The highest BCUT2D eigenvalue weighted by atomic mass is 16.2. The summed E-state index contributed by atoms with van der Waals surface area (Å²) in [5.41, 5.74) is 0.938. The number of hydrogen-bond acceptors (Lipinski definition) is 2. The van der Waals surface area contributed by atoms with E-state index in [2.05, 4.69) is 5.32 Å². The number of fused-ring (bicyclic) bond motifs is 1. The van der Waals surface area contributed by atoms with Crippen LogP contribution in [0.2, 0.25) is 0 Å². The number of benzene rings is 1. The van der Waals surface area contributed by atoms with Gasteiger partial charge >= 0.3 is 6.03 Å². The average Bonchev–Trinajstić information content (AvgIpc) is 2.91. The molecule has 1 aromatic rings. The molecule has 2 atom stereocenters. The Morgan fingerprint density at radius 1 is 1.18 bits per heavy atom. The average molecular weight is 301 g/mol. The van der Waals surface area contributed by atoms with Crippen LogP contribution in [0.15, 0.2) is 30.3 Å². The van der Waals surface area contributed by atoms with Crippen molar-refractivity contribution in [2.24, 2.45) is 0 Å². The number of anilines is 1. The predicted molar refractivity (Wildman–Crippen MR) is 85.7 cm³/mol. The summed E-state index contributed by atoms with van der Waals surface area (Å²) in [6.07, 6.45) is 2.11. The smallest absolute Gasteiger partial charge is 0.317 e. The maximum absolute atomic E-state index is 12.4. The lowest BCUT2D eigenvalue weighted by Crippen LogP contribution is -2.55. The summed E-state index contributed by atoms with van der Waals surface area (Å²) in [4.78, 5) is 28.6. The SMILES string of the molecule is CC(C)NC(=O)N1CC[C@H]2[C@@H]1CCC(=O)N2c1ccccc1. The second kappa shape index (κ2) is 5.99. The Morgan fingerprint density at radius 2 is 1.91 bits per heavy atom. The van der Waals surface area contributed by atoms with Gasteiger partial charge in [-0.15, -0.1) is 0 Å². The number of carbonyl (C=O) groups is 2. The molecule has 0 aliphatic carbocycles. The molecule has 118 valence electrons. The van der Waals surface area contributed by atoms with Gasteiger partial charge in [0.2, 0.25) is 5.91 Å². The lowest BCUT2D eigenvalue weighted by molar-refractivity contribution is -0.120. The zero-order valence-corrected chi connectivity index (χ0v) is 13.2. The number of carbonyl (C=O) groups excluding carboxylic acids is 2. The van der Waals surface area contributed by atoms with Crippen LogP contribution < -0.4 is 10.2 Å². The first-order valence-corrected chi connectivity index (χ1v) is 8.02. The second-order valence-electron chi connectivity index (χ2n) is 6.36. The number of likely N-dealkylation sites (tertiary alicyclic amines) is 1. The van der Waals surface area contributed by atoms with Crippen molar-refractivity contribution in [3.8, 4) is 0 Å². The van der Waals surface area contributed by atoms with Crippen molar-refractivity contribution in [2.45, 2.75) is 51.2 Å². The molecule has 5 nitrogen and oxygen atoms in total. The van der Waals surface area contributed by atoms with Gasteiger partial charge in [0.1, 0.15) is 0 Å². The number of hydrogen-bond donors (Lipinski definition) is 1. The number of rotatable bonds is 2. The van der Waals surface area contributed by atoms with E-state index in [0.717, 1.165) is 18.5 Å². The molecule has 2 fully saturated rings. The van der Waals surface area contributed by atoms with E-state index in [4.69, 9.17) is 0 Å².